The molecular formula is C13H17ClN2. The molecule has 1 aromatic carbocycles. The zero-order valence-corrected chi connectivity index (χ0v) is 10.4. The maximum absolute atomic E-state index is 3.78. The summed E-state index contributed by atoms with van der Waals surface area (Å²) in [7, 11) is 0. The van der Waals surface area contributed by atoms with Gasteiger partial charge in [-0.25, -0.2) is 4.98 Å². The number of halogens is 1. The lowest BCUT2D eigenvalue weighted by Gasteiger charge is -1.90. The predicted octanol–water partition coefficient (Wildman–Crippen LogP) is 3.71. The summed E-state index contributed by atoms with van der Waals surface area (Å²) in [5.74, 6) is 0. The Kier molecular flexibility index (Phi) is 6.97. The monoisotopic (exact) mass is 236 g/mol. The van der Waals surface area contributed by atoms with Crippen molar-refractivity contribution in [2.45, 2.75) is 13.8 Å². The SMILES string of the molecule is C=Cn1ccnc1.Cc1ccc(C)cc1.Cl. The molecule has 0 aliphatic carbocycles. The van der Waals surface area contributed by atoms with E-state index in [1.54, 1.807) is 23.3 Å². The summed E-state index contributed by atoms with van der Waals surface area (Å²) in [5.41, 5.74) is 2.66. The molecule has 0 aliphatic heterocycles. The van der Waals surface area contributed by atoms with Crippen LogP contribution >= 0.6 is 12.4 Å². The zero-order chi connectivity index (χ0) is 11.1. The molecule has 3 heteroatoms. The number of aromatic nitrogens is 2. The molecule has 0 unspecified atom stereocenters. The van der Waals surface area contributed by atoms with Gasteiger partial charge in [0.2, 0.25) is 0 Å². The molecule has 0 amide bonds. The van der Waals surface area contributed by atoms with Gasteiger partial charge in [0.25, 0.3) is 0 Å². The molecule has 0 saturated heterocycles. The molecule has 0 spiro atoms. The van der Waals surface area contributed by atoms with E-state index in [1.807, 2.05) is 6.20 Å². The van der Waals surface area contributed by atoms with E-state index in [-0.39, 0.29) is 12.4 Å². The highest BCUT2D eigenvalue weighted by Gasteiger charge is 1.79. The maximum Gasteiger partial charge on any atom is 0.0986 e. The van der Waals surface area contributed by atoms with E-state index in [0.29, 0.717) is 0 Å². The van der Waals surface area contributed by atoms with Crippen LogP contribution in [0.3, 0.4) is 0 Å². The first-order valence-corrected chi connectivity index (χ1v) is 4.85. The molecule has 1 aromatic heterocycles. The van der Waals surface area contributed by atoms with E-state index in [9.17, 15) is 0 Å². The van der Waals surface area contributed by atoms with Gasteiger partial charge in [-0.2, -0.15) is 0 Å². The third-order valence-electron chi connectivity index (χ3n) is 1.95. The van der Waals surface area contributed by atoms with Crippen molar-refractivity contribution in [2.75, 3.05) is 0 Å². The van der Waals surface area contributed by atoms with Gasteiger partial charge in [0.05, 0.1) is 6.33 Å². The summed E-state index contributed by atoms with van der Waals surface area (Å²) < 4.78 is 1.78. The number of rotatable bonds is 1. The predicted molar refractivity (Wildman–Crippen MR) is 71.8 cm³/mol. The molecule has 0 aliphatic rings. The van der Waals surface area contributed by atoms with Gasteiger partial charge in [-0.05, 0) is 13.8 Å². The molecule has 0 N–H and O–H groups in total. The van der Waals surface area contributed by atoms with E-state index < -0.39 is 0 Å². The van der Waals surface area contributed by atoms with Crippen LogP contribution < -0.4 is 0 Å². The van der Waals surface area contributed by atoms with Crippen LogP contribution in [0.4, 0.5) is 0 Å². The van der Waals surface area contributed by atoms with Crippen LogP contribution in [0.5, 0.6) is 0 Å². The molecule has 86 valence electrons. The molecule has 0 radical (unpaired) electrons. The lowest BCUT2D eigenvalue weighted by molar-refractivity contribution is 1.14. The number of nitrogens with zero attached hydrogens (tertiary/aromatic N) is 2. The Balaban J connectivity index is 0.000000267. The average Bonchev–Trinajstić information content (AvgIpc) is 2.76. The first kappa shape index (κ1) is 14.5. The molecule has 1 heterocycles. The van der Waals surface area contributed by atoms with Crippen molar-refractivity contribution in [2.24, 2.45) is 0 Å². The Hall–Kier alpha value is -1.54. The smallest absolute Gasteiger partial charge is 0.0986 e. The fourth-order valence-electron chi connectivity index (χ4n) is 1.01. The van der Waals surface area contributed by atoms with Crippen LogP contribution in [-0.4, -0.2) is 9.55 Å². The van der Waals surface area contributed by atoms with E-state index in [1.165, 1.54) is 11.1 Å². The van der Waals surface area contributed by atoms with Crippen LogP contribution in [0.15, 0.2) is 49.6 Å². The van der Waals surface area contributed by atoms with Gasteiger partial charge >= 0.3 is 0 Å². The summed E-state index contributed by atoms with van der Waals surface area (Å²) in [6.45, 7) is 7.72. The number of hydrogen-bond acceptors (Lipinski definition) is 1. The molecule has 0 bridgehead atoms. The minimum atomic E-state index is 0. The molecule has 0 atom stereocenters. The lowest BCUT2D eigenvalue weighted by Crippen LogP contribution is -1.73. The fourth-order valence-corrected chi connectivity index (χ4v) is 1.01. The van der Waals surface area contributed by atoms with E-state index in [2.05, 4.69) is 49.7 Å². The minimum absolute atomic E-state index is 0. The van der Waals surface area contributed by atoms with Gasteiger partial charge in [-0.15, -0.1) is 12.4 Å². The quantitative estimate of drug-likeness (QED) is 0.738. The lowest BCUT2D eigenvalue weighted by atomic mass is 10.2. The summed E-state index contributed by atoms with van der Waals surface area (Å²) in [6, 6.07) is 8.48. The minimum Gasteiger partial charge on any atom is -0.314 e. The van der Waals surface area contributed by atoms with Gasteiger partial charge in [-0.1, -0.05) is 42.0 Å². The van der Waals surface area contributed by atoms with Gasteiger partial charge in [0, 0.05) is 18.6 Å². The molecule has 0 saturated carbocycles. The summed E-state index contributed by atoms with van der Waals surface area (Å²) >= 11 is 0. The van der Waals surface area contributed by atoms with Gasteiger partial charge in [-0.3, -0.25) is 0 Å². The topological polar surface area (TPSA) is 17.8 Å². The Morgan fingerprint density at radius 1 is 1.12 bits per heavy atom. The number of imidazole rings is 1. The van der Waals surface area contributed by atoms with E-state index >= 15 is 0 Å². The highest BCUT2D eigenvalue weighted by molar-refractivity contribution is 5.85. The Labute approximate surface area is 103 Å². The zero-order valence-electron chi connectivity index (χ0n) is 9.63. The number of aryl methyl sites for hydroxylation is 2. The normalized spacial score (nSPS) is 8.38. The van der Waals surface area contributed by atoms with Crippen LogP contribution in [0.1, 0.15) is 11.1 Å². The second-order valence-corrected chi connectivity index (χ2v) is 3.35. The third kappa shape index (κ3) is 5.37. The van der Waals surface area contributed by atoms with Crippen molar-refractivity contribution in [1.29, 1.82) is 0 Å². The van der Waals surface area contributed by atoms with E-state index in [4.69, 9.17) is 0 Å². The average molecular weight is 237 g/mol. The molecule has 2 aromatic rings. The Bertz CT molecular complexity index is 369. The summed E-state index contributed by atoms with van der Waals surface area (Å²) in [6.07, 6.45) is 6.91. The highest BCUT2D eigenvalue weighted by Crippen LogP contribution is 1.99. The van der Waals surface area contributed by atoms with Crippen LogP contribution in [0.2, 0.25) is 0 Å². The van der Waals surface area contributed by atoms with Crippen molar-refractivity contribution in [3.63, 3.8) is 0 Å². The Morgan fingerprint density at radius 2 is 1.62 bits per heavy atom. The van der Waals surface area contributed by atoms with Gasteiger partial charge < -0.3 is 4.57 Å². The Morgan fingerprint density at radius 3 is 1.88 bits per heavy atom. The summed E-state index contributed by atoms with van der Waals surface area (Å²) in [4.78, 5) is 3.78. The van der Waals surface area contributed by atoms with Gasteiger partial charge in [0.1, 0.15) is 0 Å². The number of hydrogen-bond donors (Lipinski definition) is 0. The first-order valence-electron chi connectivity index (χ1n) is 4.85. The maximum atomic E-state index is 3.78. The second-order valence-electron chi connectivity index (χ2n) is 3.35. The van der Waals surface area contributed by atoms with Crippen molar-refractivity contribution >= 4 is 18.6 Å². The second kappa shape index (κ2) is 7.71. The highest BCUT2D eigenvalue weighted by atomic mass is 35.5. The third-order valence-corrected chi connectivity index (χ3v) is 1.95. The fraction of sp³-hybridized carbons (Fsp3) is 0.154. The van der Waals surface area contributed by atoms with Crippen LogP contribution in [0.25, 0.3) is 6.20 Å². The van der Waals surface area contributed by atoms with E-state index in [0.717, 1.165) is 0 Å². The van der Waals surface area contributed by atoms with Crippen molar-refractivity contribution in [3.8, 4) is 0 Å². The standard InChI is InChI=1S/C8H10.C5H6N2.ClH/c1-7-3-5-8(2)6-4-7;1-2-7-4-3-6-5-7;/h3-6H,1-2H3;2-5H,1H2;1H. The van der Waals surface area contributed by atoms with Crippen molar-refractivity contribution < 1.29 is 0 Å². The first-order chi connectivity index (χ1) is 7.22. The summed E-state index contributed by atoms with van der Waals surface area (Å²) in [5, 5.41) is 0. The molecule has 2 nitrogen and oxygen atoms in total. The molecule has 0 fully saturated rings. The van der Waals surface area contributed by atoms with Crippen molar-refractivity contribution in [3.05, 3.63) is 60.7 Å². The largest absolute Gasteiger partial charge is 0.314 e. The molecular weight excluding hydrogens is 220 g/mol. The van der Waals surface area contributed by atoms with Crippen LogP contribution in [0, 0.1) is 13.8 Å². The molecule has 2 rings (SSSR count). The molecule has 16 heavy (non-hydrogen) atoms. The number of benzene rings is 1. The van der Waals surface area contributed by atoms with Crippen molar-refractivity contribution in [1.82, 2.24) is 9.55 Å². The van der Waals surface area contributed by atoms with Crippen LogP contribution in [-0.2, 0) is 0 Å². The van der Waals surface area contributed by atoms with Gasteiger partial charge in [0.15, 0.2) is 0 Å².